The van der Waals surface area contributed by atoms with E-state index in [0.717, 1.165) is 29.7 Å². The number of carbonyl (C=O) groups excluding carboxylic acids is 1. The van der Waals surface area contributed by atoms with Crippen LogP contribution < -0.4 is 4.90 Å². The number of carboxylic acid groups (broad SMARTS) is 1. The molecular weight excluding hydrogens is 266 g/mol. The number of rotatable bonds is 7. The van der Waals surface area contributed by atoms with Gasteiger partial charge in [-0.25, -0.2) is 0 Å². The van der Waals surface area contributed by atoms with Crippen LogP contribution in [0.3, 0.4) is 0 Å². The Kier molecular flexibility index (Phi) is 6.40. The second-order valence-corrected chi connectivity index (χ2v) is 5.57. The summed E-state index contributed by atoms with van der Waals surface area (Å²) in [6, 6.07) is 5.79. The van der Waals surface area contributed by atoms with Crippen LogP contribution in [0.4, 0.5) is 5.69 Å². The molecule has 0 saturated carbocycles. The number of carbonyl (C=O) groups is 2. The van der Waals surface area contributed by atoms with Crippen molar-refractivity contribution in [2.45, 2.75) is 47.0 Å². The van der Waals surface area contributed by atoms with E-state index in [2.05, 4.69) is 0 Å². The van der Waals surface area contributed by atoms with E-state index in [1.807, 2.05) is 39.0 Å². The van der Waals surface area contributed by atoms with Crippen molar-refractivity contribution in [2.75, 3.05) is 11.4 Å². The number of carboxylic acids is 1. The van der Waals surface area contributed by atoms with Gasteiger partial charge < -0.3 is 10.0 Å². The van der Waals surface area contributed by atoms with Crippen molar-refractivity contribution in [2.24, 2.45) is 5.92 Å². The zero-order valence-electron chi connectivity index (χ0n) is 13.3. The van der Waals surface area contributed by atoms with Crippen molar-refractivity contribution in [3.8, 4) is 0 Å². The molecule has 116 valence electrons. The van der Waals surface area contributed by atoms with Crippen molar-refractivity contribution in [3.05, 3.63) is 29.3 Å². The molecule has 1 aromatic rings. The first-order valence-electron chi connectivity index (χ1n) is 7.47. The fourth-order valence-electron chi connectivity index (χ4n) is 2.18. The van der Waals surface area contributed by atoms with Crippen LogP contribution in [-0.2, 0) is 9.59 Å². The van der Waals surface area contributed by atoms with E-state index in [-0.39, 0.29) is 12.5 Å². The molecule has 21 heavy (non-hydrogen) atoms. The number of hydrogen-bond acceptors (Lipinski definition) is 2. The quantitative estimate of drug-likeness (QED) is 0.836. The van der Waals surface area contributed by atoms with Gasteiger partial charge in [-0.1, -0.05) is 32.4 Å². The summed E-state index contributed by atoms with van der Waals surface area (Å²) in [6.45, 7) is 7.84. The highest BCUT2D eigenvalue weighted by atomic mass is 16.4. The molecule has 0 fully saturated rings. The molecule has 0 radical (unpaired) electrons. The zero-order chi connectivity index (χ0) is 16.0. The van der Waals surface area contributed by atoms with Gasteiger partial charge in [-0.2, -0.15) is 0 Å². The smallest absolute Gasteiger partial charge is 0.308 e. The van der Waals surface area contributed by atoms with E-state index in [9.17, 15) is 9.59 Å². The highest BCUT2D eigenvalue weighted by Gasteiger charge is 2.23. The van der Waals surface area contributed by atoms with Crippen LogP contribution in [0.1, 0.15) is 44.2 Å². The molecule has 1 aromatic carbocycles. The molecule has 1 unspecified atom stereocenters. The molecule has 1 amide bonds. The average Bonchev–Trinajstić information content (AvgIpc) is 2.45. The lowest BCUT2D eigenvalue weighted by atomic mass is 10.0. The van der Waals surface area contributed by atoms with Gasteiger partial charge in [0.25, 0.3) is 0 Å². The van der Waals surface area contributed by atoms with Gasteiger partial charge in [0.15, 0.2) is 0 Å². The Morgan fingerprint density at radius 1 is 1.29 bits per heavy atom. The first-order valence-corrected chi connectivity index (χ1v) is 7.47. The van der Waals surface area contributed by atoms with Gasteiger partial charge in [-0.3, -0.25) is 9.59 Å². The monoisotopic (exact) mass is 291 g/mol. The van der Waals surface area contributed by atoms with Crippen LogP contribution in [0.5, 0.6) is 0 Å². The Morgan fingerprint density at radius 2 is 1.95 bits per heavy atom. The molecule has 0 aliphatic heterocycles. The van der Waals surface area contributed by atoms with E-state index < -0.39 is 11.9 Å². The van der Waals surface area contributed by atoms with E-state index in [4.69, 9.17) is 5.11 Å². The minimum atomic E-state index is -0.881. The van der Waals surface area contributed by atoms with Gasteiger partial charge in [0.1, 0.15) is 0 Å². The number of unbranched alkanes of at least 4 members (excludes halogenated alkanes) is 1. The third kappa shape index (κ3) is 4.59. The first-order chi connectivity index (χ1) is 9.88. The Bertz CT molecular complexity index is 511. The number of anilines is 1. The molecule has 0 aliphatic carbocycles. The summed E-state index contributed by atoms with van der Waals surface area (Å²) in [4.78, 5) is 25.2. The molecule has 4 heteroatoms. The summed E-state index contributed by atoms with van der Waals surface area (Å²) in [5, 5.41) is 9.12. The van der Waals surface area contributed by atoms with Crippen LogP contribution in [0.2, 0.25) is 0 Å². The number of aryl methyl sites for hydroxylation is 1. The molecule has 0 aliphatic rings. The maximum Gasteiger partial charge on any atom is 0.308 e. The largest absolute Gasteiger partial charge is 0.481 e. The third-order valence-electron chi connectivity index (χ3n) is 3.79. The molecule has 0 saturated heterocycles. The van der Waals surface area contributed by atoms with E-state index in [1.165, 1.54) is 0 Å². The van der Waals surface area contributed by atoms with Gasteiger partial charge >= 0.3 is 5.97 Å². The van der Waals surface area contributed by atoms with Gasteiger partial charge in [-0.15, -0.1) is 0 Å². The minimum absolute atomic E-state index is 0.00125. The second-order valence-electron chi connectivity index (χ2n) is 5.57. The second kappa shape index (κ2) is 7.81. The normalized spacial score (nSPS) is 12.0. The predicted octanol–water partition coefficient (Wildman–Crippen LogP) is 3.55. The molecule has 0 heterocycles. The molecule has 0 bridgehead atoms. The predicted molar refractivity (Wildman–Crippen MR) is 84.6 cm³/mol. The lowest BCUT2D eigenvalue weighted by Crippen LogP contribution is -2.37. The average molecular weight is 291 g/mol. The number of amides is 1. The van der Waals surface area contributed by atoms with Crippen LogP contribution in [0, 0.1) is 19.8 Å². The van der Waals surface area contributed by atoms with E-state index in [1.54, 1.807) is 11.8 Å². The summed E-state index contributed by atoms with van der Waals surface area (Å²) < 4.78 is 0. The number of aliphatic carboxylic acids is 1. The van der Waals surface area contributed by atoms with E-state index in [0.29, 0.717) is 6.42 Å². The Labute approximate surface area is 126 Å². The van der Waals surface area contributed by atoms with Crippen molar-refractivity contribution in [1.29, 1.82) is 0 Å². The summed E-state index contributed by atoms with van der Waals surface area (Å²) in [6.07, 6.45) is 2.22. The van der Waals surface area contributed by atoms with Crippen LogP contribution in [0.25, 0.3) is 0 Å². The van der Waals surface area contributed by atoms with E-state index >= 15 is 0 Å². The standard InChI is InChI=1S/C17H25NO3/c1-5-6-10-16(19)18(11-13(3)17(20)21)15-9-7-8-12(2)14(15)4/h7-9,13H,5-6,10-11H2,1-4H3,(H,20,21). The highest BCUT2D eigenvalue weighted by molar-refractivity contribution is 5.94. The maximum atomic E-state index is 12.5. The van der Waals surface area contributed by atoms with Gasteiger partial charge in [-0.05, 0) is 37.5 Å². The summed E-state index contributed by atoms with van der Waals surface area (Å²) >= 11 is 0. The summed E-state index contributed by atoms with van der Waals surface area (Å²) in [5.41, 5.74) is 2.95. The molecular formula is C17H25NO3. The van der Waals surface area contributed by atoms with Crippen molar-refractivity contribution in [1.82, 2.24) is 0 Å². The number of benzene rings is 1. The van der Waals surface area contributed by atoms with Crippen molar-refractivity contribution >= 4 is 17.6 Å². The minimum Gasteiger partial charge on any atom is -0.481 e. The SMILES string of the molecule is CCCCC(=O)N(CC(C)C(=O)O)c1cccc(C)c1C. The van der Waals surface area contributed by atoms with Gasteiger partial charge in [0, 0.05) is 18.7 Å². The molecule has 1 N–H and O–H groups in total. The maximum absolute atomic E-state index is 12.5. The van der Waals surface area contributed by atoms with Gasteiger partial charge in [0.05, 0.1) is 5.92 Å². The lowest BCUT2D eigenvalue weighted by molar-refractivity contribution is -0.140. The topological polar surface area (TPSA) is 57.6 Å². The highest BCUT2D eigenvalue weighted by Crippen LogP contribution is 2.25. The fourth-order valence-corrected chi connectivity index (χ4v) is 2.18. The fraction of sp³-hybridized carbons (Fsp3) is 0.529. The van der Waals surface area contributed by atoms with Crippen molar-refractivity contribution < 1.29 is 14.7 Å². The Balaban J connectivity index is 3.08. The third-order valence-corrected chi connectivity index (χ3v) is 3.79. The van der Waals surface area contributed by atoms with Crippen molar-refractivity contribution in [3.63, 3.8) is 0 Å². The zero-order valence-corrected chi connectivity index (χ0v) is 13.3. The van der Waals surface area contributed by atoms with Crippen LogP contribution in [-0.4, -0.2) is 23.5 Å². The van der Waals surface area contributed by atoms with Crippen LogP contribution >= 0.6 is 0 Å². The number of hydrogen-bond donors (Lipinski definition) is 1. The lowest BCUT2D eigenvalue weighted by Gasteiger charge is -2.27. The van der Waals surface area contributed by atoms with Gasteiger partial charge in [0.2, 0.25) is 5.91 Å². The Morgan fingerprint density at radius 3 is 2.52 bits per heavy atom. The summed E-state index contributed by atoms with van der Waals surface area (Å²) in [5.74, 6) is -1.47. The molecule has 0 spiro atoms. The Hall–Kier alpha value is -1.84. The molecule has 1 rings (SSSR count). The molecule has 4 nitrogen and oxygen atoms in total. The molecule has 1 atom stereocenters. The molecule has 0 aromatic heterocycles. The first kappa shape index (κ1) is 17.2. The van der Waals surface area contributed by atoms with Crippen LogP contribution in [0.15, 0.2) is 18.2 Å². The number of nitrogens with zero attached hydrogens (tertiary/aromatic N) is 1. The summed E-state index contributed by atoms with van der Waals surface area (Å²) in [7, 11) is 0.